The van der Waals surface area contributed by atoms with Gasteiger partial charge < -0.3 is 5.32 Å². The molecule has 0 aliphatic carbocycles. The van der Waals surface area contributed by atoms with Crippen LogP contribution in [0.3, 0.4) is 0 Å². The number of nitrogens with one attached hydrogen (secondary N) is 1. The molecule has 3 heteroatoms. The molecule has 1 rings (SSSR count). The fourth-order valence-electron chi connectivity index (χ4n) is 1.60. The molecule has 0 saturated carbocycles. The maximum Gasteiger partial charge on any atom is 0.0329 e. The summed E-state index contributed by atoms with van der Waals surface area (Å²) in [5.74, 6) is 0. The lowest BCUT2D eigenvalue weighted by atomic mass is 10.1. The van der Waals surface area contributed by atoms with E-state index in [2.05, 4.69) is 36.5 Å². The van der Waals surface area contributed by atoms with Crippen molar-refractivity contribution >= 4 is 10.8 Å². The van der Waals surface area contributed by atoms with Gasteiger partial charge in [0.15, 0.2) is 0 Å². The van der Waals surface area contributed by atoms with Crippen molar-refractivity contribution in [2.75, 3.05) is 12.8 Å². The predicted molar refractivity (Wildman–Crippen MR) is 75.7 cm³/mol. The number of aryl methyl sites for hydroxylation is 1. The molecule has 0 radical (unpaired) electrons. The minimum Gasteiger partial charge on any atom is -0.313 e. The summed E-state index contributed by atoms with van der Waals surface area (Å²) in [6, 6.07) is 8.71. The van der Waals surface area contributed by atoms with Crippen LogP contribution in [0.2, 0.25) is 0 Å². The number of benzene rings is 1. The van der Waals surface area contributed by atoms with E-state index in [0.717, 1.165) is 25.9 Å². The van der Waals surface area contributed by atoms with Gasteiger partial charge in [-0.3, -0.25) is 4.21 Å². The zero-order valence-electron chi connectivity index (χ0n) is 11.0. The molecule has 96 valence electrons. The average Bonchev–Trinajstić information content (AvgIpc) is 2.35. The molecule has 0 fully saturated rings. The molecule has 0 aromatic heterocycles. The maximum absolute atomic E-state index is 11.2. The van der Waals surface area contributed by atoms with Gasteiger partial charge in [0, 0.05) is 28.9 Å². The van der Waals surface area contributed by atoms with E-state index in [1.165, 1.54) is 11.1 Å². The van der Waals surface area contributed by atoms with Crippen molar-refractivity contribution in [3.8, 4) is 0 Å². The number of hydrogen-bond donors (Lipinski definition) is 1. The van der Waals surface area contributed by atoms with Gasteiger partial charge in [0.1, 0.15) is 0 Å². The molecule has 1 aromatic carbocycles. The molecule has 1 N–H and O–H groups in total. The highest BCUT2D eigenvalue weighted by atomic mass is 32.2. The normalized spacial score (nSPS) is 14.5. The molecule has 0 bridgehead atoms. The van der Waals surface area contributed by atoms with E-state index in [1.807, 2.05) is 6.92 Å². The average molecular weight is 253 g/mol. The summed E-state index contributed by atoms with van der Waals surface area (Å²) in [5, 5.41) is 3.67. The van der Waals surface area contributed by atoms with Gasteiger partial charge in [-0.05, 0) is 30.5 Å². The molecule has 0 amide bonds. The molecule has 0 aliphatic heterocycles. The van der Waals surface area contributed by atoms with E-state index < -0.39 is 10.8 Å². The summed E-state index contributed by atoms with van der Waals surface area (Å²) in [6.45, 7) is 6.02. The minimum absolute atomic E-state index is 0.282. The van der Waals surface area contributed by atoms with E-state index in [0.29, 0.717) is 0 Å². The van der Waals surface area contributed by atoms with E-state index in [4.69, 9.17) is 0 Å². The first-order valence-electron chi connectivity index (χ1n) is 6.24. The smallest absolute Gasteiger partial charge is 0.0329 e. The van der Waals surface area contributed by atoms with Gasteiger partial charge in [-0.15, -0.1) is 0 Å². The zero-order valence-corrected chi connectivity index (χ0v) is 11.8. The fraction of sp³-hybridized carbons (Fsp3) is 0.571. The highest BCUT2D eigenvalue weighted by Gasteiger charge is 2.04. The molecular formula is C14H23NOS. The molecule has 17 heavy (non-hydrogen) atoms. The van der Waals surface area contributed by atoms with Crippen LogP contribution >= 0.6 is 0 Å². The monoisotopic (exact) mass is 253 g/mol. The Kier molecular flexibility index (Phi) is 6.45. The van der Waals surface area contributed by atoms with Crippen LogP contribution in [-0.2, 0) is 23.8 Å². The standard InChI is InChI=1S/C14H23NOS/c1-4-13-5-7-14(8-6-13)11-15-10-9-12(2)17(3)16/h5-8,12,15H,4,9-11H2,1-3H3. The van der Waals surface area contributed by atoms with Crippen LogP contribution in [-0.4, -0.2) is 22.3 Å². The molecule has 2 nitrogen and oxygen atoms in total. The molecular weight excluding hydrogens is 230 g/mol. The zero-order chi connectivity index (χ0) is 12.7. The van der Waals surface area contributed by atoms with Gasteiger partial charge >= 0.3 is 0 Å². The number of hydrogen-bond acceptors (Lipinski definition) is 2. The summed E-state index contributed by atoms with van der Waals surface area (Å²) in [5.41, 5.74) is 2.69. The molecule has 2 atom stereocenters. The van der Waals surface area contributed by atoms with Gasteiger partial charge in [0.2, 0.25) is 0 Å². The Morgan fingerprint density at radius 3 is 2.35 bits per heavy atom. The van der Waals surface area contributed by atoms with Crippen molar-refractivity contribution in [3.05, 3.63) is 35.4 Å². The van der Waals surface area contributed by atoms with Gasteiger partial charge in [-0.2, -0.15) is 0 Å². The minimum atomic E-state index is -0.703. The van der Waals surface area contributed by atoms with Gasteiger partial charge in [-0.25, -0.2) is 0 Å². The van der Waals surface area contributed by atoms with E-state index in [9.17, 15) is 4.21 Å². The second-order valence-electron chi connectivity index (χ2n) is 4.44. The maximum atomic E-state index is 11.2. The third kappa shape index (κ3) is 5.46. The van der Waals surface area contributed by atoms with Crippen LogP contribution in [0, 0.1) is 0 Å². The van der Waals surface area contributed by atoms with Gasteiger partial charge in [-0.1, -0.05) is 38.1 Å². The molecule has 1 aromatic rings. The van der Waals surface area contributed by atoms with E-state index in [-0.39, 0.29) is 5.25 Å². The highest BCUT2D eigenvalue weighted by molar-refractivity contribution is 7.84. The number of rotatable bonds is 7. The Bertz CT molecular complexity index is 348. The van der Waals surface area contributed by atoms with Crippen molar-refractivity contribution < 1.29 is 4.21 Å². The molecule has 0 heterocycles. The van der Waals surface area contributed by atoms with Crippen LogP contribution < -0.4 is 5.32 Å². The predicted octanol–water partition coefficient (Wildman–Crippen LogP) is 2.50. The van der Waals surface area contributed by atoms with Crippen LogP contribution in [0.15, 0.2) is 24.3 Å². The Morgan fingerprint density at radius 1 is 1.24 bits per heavy atom. The second kappa shape index (κ2) is 7.62. The Balaban J connectivity index is 2.24. The van der Waals surface area contributed by atoms with Crippen molar-refractivity contribution in [1.82, 2.24) is 5.32 Å². The lowest BCUT2D eigenvalue weighted by Crippen LogP contribution is -2.20. The lowest BCUT2D eigenvalue weighted by molar-refractivity contribution is 0.629. The lowest BCUT2D eigenvalue weighted by Gasteiger charge is -2.09. The molecule has 0 spiro atoms. The topological polar surface area (TPSA) is 29.1 Å². The fourth-order valence-corrected chi connectivity index (χ4v) is 2.05. The summed E-state index contributed by atoms with van der Waals surface area (Å²) in [6.07, 6.45) is 3.83. The molecule has 0 saturated heterocycles. The van der Waals surface area contributed by atoms with Crippen LogP contribution in [0.1, 0.15) is 31.4 Å². The third-order valence-electron chi connectivity index (χ3n) is 3.05. The van der Waals surface area contributed by atoms with Crippen LogP contribution in [0.25, 0.3) is 0 Å². The first-order valence-corrected chi connectivity index (χ1v) is 7.86. The Morgan fingerprint density at radius 2 is 1.82 bits per heavy atom. The summed E-state index contributed by atoms with van der Waals surface area (Å²) in [4.78, 5) is 0. The van der Waals surface area contributed by atoms with Crippen molar-refractivity contribution in [3.63, 3.8) is 0 Å². The Hall–Kier alpha value is -0.670. The summed E-state index contributed by atoms with van der Waals surface area (Å²) < 4.78 is 11.2. The largest absolute Gasteiger partial charge is 0.313 e. The quantitative estimate of drug-likeness (QED) is 0.757. The summed E-state index contributed by atoms with van der Waals surface area (Å²) in [7, 11) is -0.703. The van der Waals surface area contributed by atoms with E-state index in [1.54, 1.807) is 6.26 Å². The second-order valence-corrected chi connectivity index (χ2v) is 6.25. The van der Waals surface area contributed by atoms with Gasteiger partial charge in [0.25, 0.3) is 0 Å². The SMILES string of the molecule is CCc1ccc(CNCCC(C)S(C)=O)cc1. The van der Waals surface area contributed by atoms with Crippen LogP contribution in [0.4, 0.5) is 0 Å². The van der Waals surface area contributed by atoms with Crippen molar-refractivity contribution in [1.29, 1.82) is 0 Å². The summed E-state index contributed by atoms with van der Waals surface area (Å²) >= 11 is 0. The third-order valence-corrected chi connectivity index (χ3v) is 4.42. The van der Waals surface area contributed by atoms with Crippen LogP contribution in [0.5, 0.6) is 0 Å². The Labute approximate surface area is 107 Å². The van der Waals surface area contributed by atoms with Crippen molar-refractivity contribution in [2.45, 2.75) is 38.5 Å². The molecule has 2 unspecified atom stereocenters. The first kappa shape index (κ1) is 14.4. The van der Waals surface area contributed by atoms with Crippen molar-refractivity contribution in [2.24, 2.45) is 0 Å². The molecule has 0 aliphatic rings. The van der Waals surface area contributed by atoms with Gasteiger partial charge in [0.05, 0.1) is 0 Å². The highest BCUT2D eigenvalue weighted by Crippen LogP contribution is 2.05. The first-order chi connectivity index (χ1) is 8.13. The van der Waals surface area contributed by atoms with E-state index >= 15 is 0 Å².